The first-order chi connectivity index (χ1) is 14.5. The molecule has 0 saturated carbocycles. The molecule has 2 aromatic heterocycles. The molecule has 1 unspecified atom stereocenters. The highest BCUT2D eigenvalue weighted by molar-refractivity contribution is 8.00. The molecular weight excluding hydrogens is 423 g/mol. The van der Waals surface area contributed by atoms with E-state index in [0.717, 1.165) is 5.56 Å². The summed E-state index contributed by atoms with van der Waals surface area (Å²) in [7, 11) is 0. The minimum Gasteiger partial charge on any atom is -0.293 e. The number of aromatic nitrogens is 4. The van der Waals surface area contributed by atoms with Gasteiger partial charge in [0.2, 0.25) is 0 Å². The highest BCUT2D eigenvalue weighted by Gasteiger charge is 2.22. The van der Waals surface area contributed by atoms with Crippen molar-refractivity contribution in [3.8, 4) is 17.1 Å². The number of Topliss-reactive ketones (excluding diaryl/α,β-unsaturated/α-hetero) is 1. The molecule has 2 aromatic carbocycles. The highest BCUT2D eigenvalue weighted by atomic mass is 35.5. The van der Waals surface area contributed by atoms with E-state index in [0.29, 0.717) is 27.3 Å². The van der Waals surface area contributed by atoms with Crippen LogP contribution in [-0.4, -0.2) is 30.8 Å². The zero-order valence-corrected chi connectivity index (χ0v) is 17.4. The first-order valence-electron chi connectivity index (χ1n) is 9.11. The number of halogens is 2. The Balaban J connectivity index is 1.71. The Bertz CT molecular complexity index is 1160. The van der Waals surface area contributed by atoms with Gasteiger partial charge in [-0.3, -0.25) is 14.3 Å². The summed E-state index contributed by atoms with van der Waals surface area (Å²) in [6.07, 6.45) is 3.33. The standard InChI is InChI=1S/C22H16ClFN4OS/c1-14(20(29)15-2-4-17(23)5-3-15)30-22-27-26-21(16-10-12-25-13-11-16)28(22)19-8-6-18(24)7-9-19/h2-14H,1H3. The molecule has 0 fully saturated rings. The van der Waals surface area contributed by atoms with E-state index in [1.54, 1.807) is 48.8 Å². The van der Waals surface area contributed by atoms with Gasteiger partial charge in [0.1, 0.15) is 5.82 Å². The first-order valence-corrected chi connectivity index (χ1v) is 10.4. The summed E-state index contributed by atoms with van der Waals surface area (Å²) in [4.78, 5) is 16.9. The van der Waals surface area contributed by atoms with Crippen molar-refractivity contribution < 1.29 is 9.18 Å². The molecule has 2 heterocycles. The third kappa shape index (κ3) is 4.27. The van der Waals surface area contributed by atoms with Crippen LogP contribution in [0.5, 0.6) is 0 Å². The Labute approximate surface area is 181 Å². The second kappa shape index (κ2) is 8.77. The van der Waals surface area contributed by atoms with E-state index in [1.165, 1.54) is 23.9 Å². The van der Waals surface area contributed by atoms with Crippen molar-refractivity contribution in [2.75, 3.05) is 0 Å². The molecule has 0 aliphatic rings. The van der Waals surface area contributed by atoms with Gasteiger partial charge in [-0.15, -0.1) is 10.2 Å². The third-order valence-electron chi connectivity index (χ3n) is 4.44. The van der Waals surface area contributed by atoms with Crippen LogP contribution in [0.1, 0.15) is 17.3 Å². The van der Waals surface area contributed by atoms with Gasteiger partial charge in [0.15, 0.2) is 16.8 Å². The quantitative estimate of drug-likeness (QED) is 0.294. The van der Waals surface area contributed by atoms with E-state index in [1.807, 2.05) is 23.6 Å². The van der Waals surface area contributed by atoms with Gasteiger partial charge in [-0.25, -0.2) is 4.39 Å². The normalized spacial score (nSPS) is 12.0. The molecule has 4 rings (SSSR count). The van der Waals surface area contributed by atoms with Gasteiger partial charge in [-0.05, 0) is 67.6 Å². The molecule has 0 radical (unpaired) electrons. The molecule has 1 atom stereocenters. The van der Waals surface area contributed by atoms with Crippen molar-refractivity contribution in [1.29, 1.82) is 0 Å². The van der Waals surface area contributed by atoms with Crippen LogP contribution >= 0.6 is 23.4 Å². The van der Waals surface area contributed by atoms with E-state index < -0.39 is 5.25 Å². The summed E-state index contributed by atoms with van der Waals surface area (Å²) >= 11 is 7.21. The smallest absolute Gasteiger partial charge is 0.196 e. The van der Waals surface area contributed by atoms with Crippen molar-refractivity contribution >= 4 is 29.1 Å². The molecule has 0 bridgehead atoms. The minimum absolute atomic E-state index is 0.0456. The topological polar surface area (TPSA) is 60.7 Å². The zero-order valence-electron chi connectivity index (χ0n) is 15.9. The predicted molar refractivity (Wildman–Crippen MR) is 116 cm³/mol. The molecule has 0 amide bonds. The van der Waals surface area contributed by atoms with Crippen molar-refractivity contribution in [3.05, 3.63) is 89.5 Å². The van der Waals surface area contributed by atoms with Gasteiger partial charge in [0.25, 0.3) is 0 Å². The zero-order chi connectivity index (χ0) is 21.1. The monoisotopic (exact) mass is 438 g/mol. The number of carbonyl (C=O) groups is 1. The SMILES string of the molecule is CC(Sc1nnc(-c2ccncc2)n1-c1ccc(F)cc1)C(=O)c1ccc(Cl)cc1. The number of nitrogens with zero attached hydrogens (tertiary/aromatic N) is 4. The van der Waals surface area contributed by atoms with E-state index in [9.17, 15) is 9.18 Å². The Morgan fingerprint density at radius 3 is 2.33 bits per heavy atom. The van der Waals surface area contributed by atoms with Crippen LogP contribution in [0.4, 0.5) is 4.39 Å². The van der Waals surface area contributed by atoms with Gasteiger partial charge in [0.05, 0.1) is 5.25 Å². The maximum atomic E-state index is 13.5. The average Bonchev–Trinajstić information content (AvgIpc) is 3.18. The van der Waals surface area contributed by atoms with E-state index in [-0.39, 0.29) is 11.6 Å². The molecule has 0 aliphatic heterocycles. The number of hydrogen-bond donors (Lipinski definition) is 0. The molecule has 4 aromatic rings. The highest BCUT2D eigenvalue weighted by Crippen LogP contribution is 2.31. The molecule has 30 heavy (non-hydrogen) atoms. The number of ketones is 1. The molecule has 5 nitrogen and oxygen atoms in total. The lowest BCUT2D eigenvalue weighted by Gasteiger charge is -2.13. The van der Waals surface area contributed by atoms with E-state index in [4.69, 9.17) is 11.6 Å². The summed E-state index contributed by atoms with van der Waals surface area (Å²) in [5.41, 5.74) is 2.08. The molecular formula is C22H16ClFN4OS. The van der Waals surface area contributed by atoms with Crippen LogP contribution < -0.4 is 0 Å². The Morgan fingerprint density at radius 1 is 1.00 bits per heavy atom. The van der Waals surface area contributed by atoms with Gasteiger partial charge >= 0.3 is 0 Å². The molecule has 150 valence electrons. The van der Waals surface area contributed by atoms with E-state index in [2.05, 4.69) is 15.2 Å². The van der Waals surface area contributed by atoms with Gasteiger partial charge < -0.3 is 0 Å². The number of pyridine rings is 1. The molecule has 0 saturated heterocycles. The van der Waals surface area contributed by atoms with Gasteiger partial charge in [-0.1, -0.05) is 23.4 Å². The fourth-order valence-corrected chi connectivity index (χ4v) is 3.99. The van der Waals surface area contributed by atoms with Crippen LogP contribution in [0.3, 0.4) is 0 Å². The van der Waals surface area contributed by atoms with E-state index >= 15 is 0 Å². The summed E-state index contributed by atoms with van der Waals surface area (Å²) in [6.45, 7) is 1.82. The fourth-order valence-electron chi connectivity index (χ4n) is 2.92. The van der Waals surface area contributed by atoms with Gasteiger partial charge in [0, 0.05) is 34.2 Å². The number of carbonyl (C=O) groups excluding carboxylic acids is 1. The van der Waals surface area contributed by atoms with Crippen molar-refractivity contribution in [2.45, 2.75) is 17.3 Å². The van der Waals surface area contributed by atoms with Crippen LogP contribution in [0, 0.1) is 5.82 Å². The summed E-state index contributed by atoms with van der Waals surface area (Å²) in [5.74, 6) is 0.200. The number of benzene rings is 2. The molecule has 0 aliphatic carbocycles. The first kappa shape index (κ1) is 20.3. The fraction of sp³-hybridized carbons (Fsp3) is 0.0909. The lowest BCUT2D eigenvalue weighted by atomic mass is 10.1. The second-order valence-corrected chi connectivity index (χ2v) is 8.23. The maximum Gasteiger partial charge on any atom is 0.196 e. The second-order valence-electron chi connectivity index (χ2n) is 6.49. The van der Waals surface area contributed by atoms with Gasteiger partial charge in [-0.2, -0.15) is 0 Å². The predicted octanol–water partition coefficient (Wildman–Crippen LogP) is 5.49. The minimum atomic E-state index is -0.417. The number of rotatable bonds is 6. The summed E-state index contributed by atoms with van der Waals surface area (Å²) in [5, 5.41) is 9.32. The Kier molecular flexibility index (Phi) is 5.92. The van der Waals surface area contributed by atoms with Crippen LogP contribution in [0.15, 0.2) is 78.2 Å². The summed E-state index contributed by atoms with van der Waals surface area (Å²) in [6, 6.07) is 16.5. The molecule has 0 N–H and O–H groups in total. The third-order valence-corrected chi connectivity index (χ3v) is 5.73. The van der Waals surface area contributed by atoms with Crippen molar-refractivity contribution in [2.24, 2.45) is 0 Å². The lowest BCUT2D eigenvalue weighted by molar-refractivity contribution is 0.0994. The van der Waals surface area contributed by atoms with Crippen LogP contribution in [-0.2, 0) is 0 Å². The number of hydrogen-bond acceptors (Lipinski definition) is 5. The van der Waals surface area contributed by atoms with Crippen molar-refractivity contribution in [1.82, 2.24) is 19.7 Å². The molecule has 8 heteroatoms. The van der Waals surface area contributed by atoms with Crippen LogP contribution in [0.2, 0.25) is 5.02 Å². The Morgan fingerprint density at radius 2 is 1.67 bits per heavy atom. The van der Waals surface area contributed by atoms with Crippen LogP contribution in [0.25, 0.3) is 17.1 Å². The number of thioether (sulfide) groups is 1. The largest absolute Gasteiger partial charge is 0.293 e. The molecule has 0 spiro atoms. The summed E-state index contributed by atoms with van der Waals surface area (Å²) < 4.78 is 15.3. The Hall–Kier alpha value is -3.03. The van der Waals surface area contributed by atoms with Crippen molar-refractivity contribution in [3.63, 3.8) is 0 Å². The average molecular weight is 439 g/mol. The lowest BCUT2D eigenvalue weighted by Crippen LogP contribution is -2.14. The maximum absolute atomic E-state index is 13.5.